The average molecular weight is 318 g/mol. The van der Waals surface area contributed by atoms with Crippen molar-refractivity contribution >= 4 is 29.3 Å². The number of amides is 1. The molecule has 0 aromatic heterocycles. The summed E-state index contributed by atoms with van der Waals surface area (Å²) in [5, 5.41) is 3.48. The molecule has 1 fully saturated rings. The summed E-state index contributed by atoms with van der Waals surface area (Å²) in [5.41, 5.74) is 3.91. The lowest BCUT2D eigenvalue weighted by molar-refractivity contribution is -0.122. The molecule has 1 amide bonds. The summed E-state index contributed by atoms with van der Waals surface area (Å²) in [6.45, 7) is 7.95. The first-order valence-corrected chi connectivity index (χ1v) is 7.93. The predicted molar refractivity (Wildman–Crippen MR) is 92.4 cm³/mol. The van der Waals surface area contributed by atoms with Crippen LogP contribution in [0.1, 0.15) is 30.0 Å². The molecule has 0 spiro atoms. The van der Waals surface area contributed by atoms with Crippen molar-refractivity contribution in [2.75, 3.05) is 19.8 Å². The first-order valence-electron chi connectivity index (χ1n) is 7.52. The van der Waals surface area contributed by atoms with E-state index in [-0.39, 0.29) is 5.91 Å². The van der Waals surface area contributed by atoms with Crippen molar-refractivity contribution in [3.05, 3.63) is 40.6 Å². The summed E-state index contributed by atoms with van der Waals surface area (Å²) < 4.78 is 5.30. The van der Waals surface area contributed by atoms with Crippen molar-refractivity contribution in [3.63, 3.8) is 0 Å². The van der Waals surface area contributed by atoms with Gasteiger partial charge < -0.3 is 10.1 Å². The fourth-order valence-electron chi connectivity index (χ4n) is 2.39. The van der Waals surface area contributed by atoms with E-state index in [1.807, 2.05) is 32.1 Å². The Morgan fingerprint density at radius 3 is 2.82 bits per heavy atom. The standard InChI is InChI=1S/C17H22N2O2S/c1-4-21-9-5-8-19-16(20)15(18-17(19)22)11-14-7-6-12(2)10-13(14)3/h6-7,10-11H,4-5,8-9H2,1-3H3,(H,18,22)/b15-11+. The van der Waals surface area contributed by atoms with Crippen molar-refractivity contribution in [2.24, 2.45) is 0 Å². The first kappa shape index (κ1) is 16.6. The number of thiocarbonyl (C=S) groups is 1. The minimum Gasteiger partial charge on any atom is -0.382 e. The summed E-state index contributed by atoms with van der Waals surface area (Å²) in [6.07, 6.45) is 2.64. The first-order chi connectivity index (χ1) is 10.5. The number of hydrogen-bond donors (Lipinski definition) is 1. The second-order valence-corrected chi connectivity index (χ2v) is 5.74. The smallest absolute Gasteiger partial charge is 0.276 e. The molecule has 22 heavy (non-hydrogen) atoms. The van der Waals surface area contributed by atoms with Crippen LogP contribution >= 0.6 is 12.2 Å². The van der Waals surface area contributed by atoms with Gasteiger partial charge in [-0.05, 0) is 56.6 Å². The lowest BCUT2D eigenvalue weighted by atomic mass is 10.0. The molecular formula is C17H22N2O2S. The minimum absolute atomic E-state index is 0.0681. The van der Waals surface area contributed by atoms with Crippen molar-refractivity contribution in [1.29, 1.82) is 0 Å². The highest BCUT2D eigenvalue weighted by Gasteiger charge is 2.30. The molecule has 1 aliphatic rings. The van der Waals surface area contributed by atoms with E-state index in [9.17, 15) is 4.79 Å². The van der Waals surface area contributed by atoms with Gasteiger partial charge >= 0.3 is 0 Å². The number of nitrogens with zero attached hydrogens (tertiary/aromatic N) is 1. The van der Waals surface area contributed by atoms with Gasteiger partial charge in [0.2, 0.25) is 0 Å². The molecule has 1 heterocycles. The summed E-state index contributed by atoms with van der Waals surface area (Å²) in [4.78, 5) is 14.0. The summed E-state index contributed by atoms with van der Waals surface area (Å²) >= 11 is 5.25. The summed E-state index contributed by atoms with van der Waals surface area (Å²) in [5.74, 6) is -0.0681. The highest BCUT2D eigenvalue weighted by molar-refractivity contribution is 7.80. The molecule has 0 saturated carbocycles. The number of ether oxygens (including phenoxy) is 1. The van der Waals surface area contributed by atoms with Gasteiger partial charge in [-0.2, -0.15) is 0 Å². The molecule has 1 aromatic rings. The zero-order chi connectivity index (χ0) is 16.1. The van der Waals surface area contributed by atoms with Gasteiger partial charge in [0.1, 0.15) is 5.70 Å². The Hall–Kier alpha value is -1.72. The van der Waals surface area contributed by atoms with Gasteiger partial charge in [0.05, 0.1) is 0 Å². The fraction of sp³-hybridized carbons (Fsp3) is 0.412. The monoisotopic (exact) mass is 318 g/mol. The van der Waals surface area contributed by atoms with E-state index in [2.05, 4.69) is 18.3 Å². The van der Waals surface area contributed by atoms with Gasteiger partial charge in [-0.1, -0.05) is 23.8 Å². The molecule has 0 aliphatic carbocycles. The topological polar surface area (TPSA) is 41.6 Å². The number of aryl methyl sites for hydroxylation is 2. The Kier molecular flexibility index (Phi) is 5.69. The summed E-state index contributed by atoms with van der Waals surface area (Å²) in [7, 11) is 0. The Morgan fingerprint density at radius 1 is 1.36 bits per heavy atom. The molecule has 5 heteroatoms. The van der Waals surface area contributed by atoms with Crippen LogP contribution in [0.4, 0.5) is 0 Å². The predicted octanol–water partition coefficient (Wildman–Crippen LogP) is 2.79. The lowest BCUT2D eigenvalue weighted by Crippen LogP contribution is -2.32. The zero-order valence-electron chi connectivity index (χ0n) is 13.3. The van der Waals surface area contributed by atoms with E-state index >= 15 is 0 Å². The molecule has 118 valence electrons. The number of carbonyl (C=O) groups is 1. The van der Waals surface area contributed by atoms with Crippen molar-refractivity contribution < 1.29 is 9.53 Å². The fourth-order valence-corrected chi connectivity index (χ4v) is 2.67. The van der Waals surface area contributed by atoms with Gasteiger partial charge in [-0.3, -0.25) is 9.69 Å². The molecular weight excluding hydrogens is 296 g/mol. The van der Waals surface area contributed by atoms with E-state index in [0.717, 1.165) is 17.5 Å². The van der Waals surface area contributed by atoms with Crippen LogP contribution in [0.5, 0.6) is 0 Å². The highest BCUT2D eigenvalue weighted by Crippen LogP contribution is 2.18. The number of rotatable bonds is 6. The van der Waals surface area contributed by atoms with E-state index in [4.69, 9.17) is 17.0 Å². The minimum atomic E-state index is -0.0681. The Morgan fingerprint density at radius 2 is 2.14 bits per heavy atom. The molecule has 0 atom stereocenters. The normalized spacial score (nSPS) is 16.5. The molecule has 2 rings (SSSR count). The molecule has 0 unspecified atom stereocenters. The van der Waals surface area contributed by atoms with Crippen LogP contribution in [0.25, 0.3) is 6.08 Å². The average Bonchev–Trinajstić information content (AvgIpc) is 2.73. The SMILES string of the molecule is CCOCCCN1C(=O)/C(=C\c2ccc(C)cc2C)NC1=S. The van der Waals surface area contributed by atoms with Gasteiger partial charge in [-0.25, -0.2) is 0 Å². The maximum absolute atomic E-state index is 12.4. The van der Waals surface area contributed by atoms with E-state index in [1.165, 1.54) is 5.56 Å². The van der Waals surface area contributed by atoms with Gasteiger partial charge in [0.15, 0.2) is 5.11 Å². The zero-order valence-corrected chi connectivity index (χ0v) is 14.1. The highest BCUT2D eigenvalue weighted by atomic mass is 32.1. The Bertz CT molecular complexity index is 611. The van der Waals surface area contributed by atoms with E-state index in [1.54, 1.807) is 4.90 Å². The van der Waals surface area contributed by atoms with Crippen LogP contribution in [0.2, 0.25) is 0 Å². The van der Waals surface area contributed by atoms with E-state index < -0.39 is 0 Å². The van der Waals surface area contributed by atoms with Crippen LogP contribution in [-0.2, 0) is 9.53 Å². The quantitative estimate of drug-likeness (QED) is 0.497. The number of carbonyl (C=O) groups excluding carboxylic acids is 1. The van der Waals surface area contributed by atoms with Crippen LogP contribution in [0, 0.1) is 13.8 Å². The van der Waals surface area contributed by atoms with Gasteiger partial charge in [0, 0.05) is 19.8 Å². The molecule has 1 aliphatic heterocycles. The van der Waals surface area contributed by atoms with Crippen molar-refractivity contribution in [3.8, 4) is 0 Å². The molecule has 0 bridgehead atoms. The van der Waals surface area contributed by atoms with Crippen molar-refractivity contribution in [1.82, 2.24) is 10.2 Å². The third kappa shape index (κ3) is 3.93. The molecule has 4 nitrogen and oxygen atoms in total. The number of benzene rings is 1. The molecule has 1 saturated heterocycles. The van der Waals surface area contributed by atoms with E-state index in [0.29, 0.717) is 30.6 Å². The van der Waals surface area contributed by atoms with Crippen LogP contribution in [0.3, 0.4) is 0 Å². The molecule has 1 N–H and O–H groups in total. The third-order valence-corrected chi connectivity index (χ3v) is 3.88. The largest absolute Gasteiger partial charge is 0.382 e. The Labute approximate surface area is 137 Å². The third-order valence-electron chi connectivity index (χ3n) is 3.56. The Balaban J connectivity index is 2.08. The maximum atomic E-state index is 12.4. The van der Waals surface area contributed by atoms with Crippen LogP contribution < -0.4 is 5.32 Å². The second kappa shape index (κ2) is 7.51. The van der Waals surface area contributed by atoms with Crippen LogP contribution in [-0.4, -0.2) is 35.7 Å². The molecule has 0 radical (unpaired) electrons. The van der Waals surface area contributed by atoms with Crippen molar-refractivity contribution in [2.45, 2.75) is 27.2 Å². The second-order valence-electron chi connectivity index (χ2n) is 5.36. The lowest BCUT2D eigenvalue weighted by Gasteiger charge is -2.13. The number of nitrogens with one attached hydrogen (secondary N) is 1. The van der Waals surface area contributed by atoms with Gasteiger partial charge in [0.25, 0.3) is 5.91 Å². The number of hydrogen-bond acceptors (Lipinski definition) is 3. The maximum Gasteiger partial charge on any atom is 0.276 e. The van der Waals surface area contributed by atoms with Gasteiger partial charge in [-0.15, -0.1) is 0 Å². The molecule has 1 aromatic carbocycles. The summed E-state index contributed by atoms with van der Waals surface area (Å²) in [6, 6.07) is 6.16. The van der Waals surface area contributed by atoms with Crippen LogP contribution in [0.15, 0.2) is 23.9 Å².